The highest BCUT2D eigenvalue weighted by atomic mass is 16.3. The lowest BCUT2D eigenvalue weighted by Gasteiger charge is -2.61. The zero-order valence-electron chi connectivity index (χ0n) is 15.0. The molecule has 0 aliphatic heterocycles. The molecule has 4 aliphatic carbocycles. The number of carbonyl (C=O) groups excluding carboxylic acids is 1. The van der Waals surface area contributed by atoms with Gasteiger partial charge in [-0.1, -0.05) is 25.5 Å². The first-order chi connectivity index (χ1) is 10.9. The summed E-state index contributed by atoms with van der Waals surface area (Å²) in [5, 5.41) is 11.0. The van der Waals surface area contributed by atoms with E-state index >= 15 is 0 Å². The Morgan fingerprint density at radius 2 is 1.87 bits per heavy atom. The second-order valence-corrected chi connectivity index (χ2v) is 9.36. The van der Waals surface area contributed by atoms with Gasteiger partial charge in [-0.3, -0.25) is 4.79 Å². The van der Waals surface area contributed by atoms with Gasteiger partial charge < -0.3 is 5.11 Å². The Morgan fingerprint density at radius 1 is 1.09 bits per heavy atom. The molecule has 0 radical (unpaired) electrons. The van der Waals surface area contributed by atoms with E-state index in [0.717, 1.165) is 38.0 Å². The molecular weight excluding hydrogens is 284 g/mol. The topological polar surface area (TPSA) is 37.3 Å². The maximum Gasteiger partial charge on any atom is 0.139 e. The molecule has 128 valence electrons. The molecule has 2 heteroatoms. The standard InChI is InChI=1S/C21H32O2/c1-4-13-7-9-20(2)16-8-10-21(3)15(5-6-19(21)23)14(16)12-18(22)17(20)11-13/h4,14-18,22H,5-12H2,1-3H3/b13-4+/t14-,15-,16-,17-,18+,20+,21-/m0/s1. The predicted molar refractivity (Wildman–Crippen MR) is 91.9 cm³/mol. The fourth-order valence-electron chi connectivity index (χ4n) is 7.18. The molecule has 0 aromatic rings. The molecule has 23 heavy (non-hydrogen) atoms. The van der Waals surface area contributed by atoms with Crippen molar-refractivity contribution in [1.82, 2.24) is 0 Å². The summed E-state index contributed by atoms with van der Waals surface area (Å²) in [6, 6.07) is 0. The molecule has 0 heterocycles. The van der Waals surface area contributed by atoms with E-state index in [9.17, 15) is 9.90 Å². The minimum absolute atomic E-state index is 0.0762. The second kappa shape index (κ2) is 5.18. The molecule has 0 aromatic carbocycles. The van der Waals surface area contributed by atoms with E-state index < -0.39 is 0 Å². The Kier molecular flexibility index (Phi) is 3.58. The van der Waals surface area contributed by atoms with Crippen LogP contribution in [0, 0.1) is 34.5 Å². The fourth-order valence-corrected chi connectivity index (χ4v) is 7.18. The zero-order valence-corrected chi connectivity index (χ0v) is 15.0. The maximum absolute atomic E-state index is 12.5. The smallest absolute Gasteiger partial charge is 0.139 e. The number of carbonyl (C=O) groups is 1. The molecule has 0 amide bonds. The van der Waals surface area contributed by atoms with E-state index in [1.807, 2.05) is 0 Å². The number of hydrogen-bond acceptors (Lipinski definition) is 2. The van der Waals surface area contributed by atoms with Gasteiger partial charge in [0.25, 0.3) is 0 Å². The third kappa shape index (κ3) is 2.06. The summed E-state index contributed by atoms with van der Waals surface area (Å²) in [4.78, 5) is 12.5. The molecule has 0 aromatic heterocycles. The van der Waals surface area contributed by atoms with Crippen molar-refractivity contribution >= 4 is 5.78 Å². The lowest BCUT2D eigenvalue weighted by molar-refractivity contribution is -0.155. The highest BCUT2D eigenvalue weighted by molar-refractivity contribution is 5.87. The van der Waals surface area contributed by atoms with Crippen molar-refractivity contribution < 1.29 is 9.90 Å². The molecule has 0 unspecified atom stereocenters. The van der Waals surface area contributed by atoms with E-state index in [-0.39, 0.29) is 16.9 Å². The molecule has 4 saturated carbocycles. The number of Topliss-reactive ketones (excluding diaryl/α,β-unsaturated/α-hetero) is 1. The molecule has 4 fully saturated rings. The van der Waals surface area contributed by atoms with Crippen LogP contribution >= 0.6 is 0 Å². The van der Waals surface area contributed by atoms with Gasteiger partial charge >= 0.3 is 0 Å². The van der Waals surface area contributed by atoms with Crippen LogP contribution in [0.15, 0.2) is 11.6 Å². The molecule has 1 N–H and O–H groups in total. The van der Waals surface area contributed by atoms with Gasteiger partial charge in [0.15, 0.2) is 0 Å². The summed E-state index contributed by atoms with van der Waals surface area (Å²) in [5.41, 5.74) is 1.75. The monoisotopic (exact) mass is 316 g/mol. The largest absolute Gasteiger partial charge is 0.393 e. The SMILES string of the molecule is C/C=C1\CC[C@]2(C)[C@H]3CC[C@]4(C)C(=O)CC[C@H]4[C@@H]3C[C@@H](O)[C@@H]2C1. The van der Waals surface area contributed by atoms with Crippen molar-refractivity contribution in [2.45, 2.75) is 78.2 Å². The first-order valence-electron chi connectivity index (χ1n) is 9.75. The van der Waals surface area contributed by atoms with Crippen LogP contribution in [0.1, 0.15) is 72.1 Å². The van der Waals surface area contributed by atoms with Gasteiger partial charge in [-0.15, -0.1) is 0 Å². The molecule has 0 bridgehead atoms. The van der Waals surface area contributed by atoms with Crippen molar-refractivity contribution in [2.24, 2.45) is 34.5 Å². The number of fused-ring (bicyclic) bond motifs is 5. The van der Waals surface area contributed by atoms with Gasteiger partial charge in [0.1, 0.15) is 5.78 Å². The number of allylic oxidation sites excluding steroid dienone is 2. The zero-order chi connectivity index (χ0) is 16.4. The van der Waals surface area contributed by atoms with Gasteiger partial charge in [-0.2, -0.15) is 0 Å². The van der Waals surface area contributed by atoms with Crippen LogP contribution in [-0.2, 0) is 4.79 Å². The van der Waals surface area contributed by atoms with Crippen LogP contribution in [0.2, 0.25) is 0 Å². The van der Waals surface area contributed by atoms with E-state index in [1.165, 1.54) is 19.3 Å². The van der Waals surface area contributed by atoms with Crippen molar-refractivity contribution in [2.75, 3.05) is 0 Å². The van der Waals surface area contributed by atoms with Crippen LogP contribution in [0.25, 0.3) is 0 Å². The number of aliphatic hydroxyl groups is 1. The van der Waals surface area contributed by atoms with E-state index in [0.29, 0.717) is 23.5 Å². The van der Waals surface area contributed by atoms with Crippen LogP contribution in [0.4, 0.5) is 0 Å². The van der Waals surface area contributed by atoms with Gasteiger partial charge in [0, 0.05) is 11.8 Å². The van der Waals surface area contributed by atoms with Crippen molar-refractivity contribution in [1.29, 1.82) is 0 Å². The van der Waals surface area contributed by atoms with Crippen molar-refractivity contribution in [3.05, 3.63) is 11.6 Å². The molecule has 4 aliphatic rings. The number of ketones is 1. The lowest BCUT2D eigenvalue weighted by Crippen LogP contribution is -2.57. The Labute approximate surface area is 140 Å². The number of aliphatic hydroxyl groups excluding tert-OH is 1. The molecule has 4 rings (SSSR count). The summed E-state index contributed by atoms with van der Waals surface area (Å²) >= 11 is 0. The quantitative estimate of drug-likeness (QED) is 0.667. The molecule has 7 atom stereocenters. The Hall–Kier alpha value is -0.630. The average molecular weight is 316 g/mol. The normalized spacial score (nSPS) is 54.5. The highest BCUT2D eigenvalue weighted by Gasteiger charge is 2.61. The summed E-state index contributed by atoms with van der Waals surface area (Å²) in [6.07, 6.45) is 10.7. The van der Waals surface area contributed by atoms with Crippen LogP contribution in [0.5, 0.6) is 0 Å². The van der Waals surface area contributed by atoms with Crippen molar-refractivity contribution in [3.8, 4) is 0 Å². The Balaban J connectivity index is 1.67. The first kappa shape index (κ1) is 15.9. The molecular formula is C21H32O2. The Bertz CT molecular complexity index is 550. The van der Waals surface area contributed by atoms with E-state index in [1.54, 1.807) is 5.57 Å². The van der Waals surface area contributed by atoms with Gasteiger partial charge in [-0.25, -0.2) is 0 Å². The van der Waals surface area contributed by atoms with Crippen LogP contribution < -0.4 is 0 Å². The third-order valence-electron chi connectivity index (χ3n) is 8.69. The lowest BCUT2D eigenvalue weighted by atomic mass is 9.44. The van der Waals surface area contributed by atoms with Crippen LogP contribution in [-0.4, -0.2) is 17.0 Å². The summed E-state index contributed by atoms with van der Waals surface area (Å²) in [5.74, 6) is 2.76. The number of rotatable bonds is 0. The number of hydrogen-bond donors (Lipinski definition) is 1. The fraction of sp³-hybridized carbons (Fsp3) is 0.857. The predicted octanol–water partition coefficient (Wildman–Crippen LogP) is 4.52. The average Bonchev–Trinajstić information content (AvgIpc) is 2.83. The van der Waals surface area contributed by atoms with Gasteiger partial charge in [0.2, 0.25) is 0 Å². The minimum Gasteiger partial charge on any atom is -0.393 e. The molecule has 0 saturated heterocycles. The second-order valence-electron chi connectivity index (χ2n) is 9.36. The molecule has 0 spiro atoms. The third-order valence-corrected chi connectivity index (χ3v) is 8.69. The van der Waals surface area contributed by atoms with E-state index in [4.69, 9.17) is 0 Å². The Morgan fingerprint density at radius 3 is 2.61 bits per heavy atom. The minimum atomic E-state index is -0.172. The van der Waals surface area contributed by atoms with Crippen LogP contribution in [0.3, 0.4) is 0 Å². The maximum atomic E-state index is 12.5. The highest BCUT2D eigenvalue weighted by Crippen LogP contribution is 2.65. The summed E-state index contributed by atoms with van der Waals surface area (Å²) in [6.45, 7) is 6.83. The van der Waals surface area contributed by atoms with Gasteiger partial charge in [0.05, 0.1) is 6.10 Å². The van der Waals surface area contributed by atoms with E-state index in [2.05, 4.69) is 26.8 Å². The summed E-state index contributed by atoms with van der Waals surface area (Å²) < 4.78 is 0. The first-order valence-corrected chi connectivity index (χ1v) is 9.75. The molecule has 2 nitrogen and oxygen atoms in total. The van der Waals surface area contributed by atoms with Gasteiger partial charge in [-0.05, 0) is 81.0 Å². The van der Waals surface area contributed by atoms with Crippen molar-refractivity contribution in [3.63, 3.8) is 0 Å². The summed E-state index contributed by atoms with van der Waals surface area (Å²) in [7, 11) is 0.